The topological polar surface area (TPSA) is 13.1 Å². The van der Waals surface area contributed by atoms with Gasteiger partial charge in [-0.3, -0.25) is 0 Å². The van der Waals surface area contributed by atoms with Crippen LogP contribution in [0.2, 0.25) is 0 Å². The van der Waals surface area contributed by atoms with Crippen LogP contribution in [-0.2, 0) is 0 Å². The van der Waals surface area contributed by atoms with E-state index in [1.165, 1.54) is 76.8 Å². The smallest absolute Gasteiger partial charge is 0.143 e. The van der Waals surface area contributed by atoms with Crippen LogP contribution in [0, 0.1) is 0 Å². The van der Waals surface area contributed by atoms with Crippen molar-refractivity contribution in [3.8, 4) is 55.6 Å². The number of hydrogen-bond donors (Lipinski definition) is 0. The number of para-hydroxylation sites is 2. The predicted octanol–water partition coefficient (Wildman–Crippen LogP) is 15.4. The van der Waals surface area contributed by atoms with Crippen LogP contribution in [0.25, 0.3) is 110 Å². The maximum absolute atomic E-state index is 6.47. The summed E-state index contributed by atoms with van der Waals surface area (Å²) in [5.41, 5.74) is 13.9. The number of fused-ring (bicyclic) bond motifs is 6. The fraction of sp³-hybridized carbons (Fsp3) is 0. The third-order valence-corrected chi connectivity index (χ3v) is 11.3. The lowest BCUT2D eigenvalue weighted by Gasteiger charge is -2.19. The van der Waals surface area contributed by atoms with Crippen LogP contribution in [0.3, 0.4) is 0 Å². The van der Waals surface area contributed by atoms with E-state index < -0.39 is 0 Å². The van der Waals surface area contributed by atoms with Gasteiger partial charge in [0.1, 0.15) is 11.2 Å². The summed E-state index contributed by atoms with van der Waals surface area (Å²) in [6.45, 7) is 0. The molecule has 11 aromatic rings. The normalized spacial score (nSPS) is 11.6. The van der Waals surface area contributed by atoms with Gasteiger partial charge in [-0.2, -0.15) is 0 Å². The molecule has 11 rings (SSSR count). The molecule has 0 aliphatic rings. The van der Waals surface area contributed by atoms with Crippen molar-refractivity contribution in [2.45, 2.75) is 0 Å². The summed E-state index contributed by atoms with van der Waals surface area (Å²) in [4.78, 5) is 0. The van der Waals surface area contributed by atoms with Crippen LogP contribution in [0.1, 0.15) is 0 Å². The predicted molar refractivity (Wildman–Crippen MR) is 233 cm³/mol. The van der Waals surface area contributed by atoms with Crippen molar-refractivity contribution in [3.05, 3.63) is 206 Å². The molecule has 0 amide bonds. The average molecular weight is 699 g/mol. The van der Waals surface area contributed by atoms with Crippen LogP contribution >= 0.6 is 0 Å². The van der Waals surface area contributed by atoms with Crippen molar-refractivity contribution in [2.24, 2.45) is 0 Å². The fourth-order valence-corrected chi connectivity index (χ4v) is 8.81. The zero-order chi connectivity index (χ0) is 36.3. The van der Waals surface area contributed by atoms with E-state index >= 15 is 0 Å². The second kappa shape index (κ2) is 12.7. The molecule has 0 N–H and O–H groups in total. The van der Waals surface area contributed by atoms with Crippen LogP contribution in [0.15, 0.2) is 211 Å². The molecule has 0 saturated carbocycles. The molecule has 1 aromatic heterocycles. The van der Waals surface area contributed by atoms with Gasteiger partial charge in [-0.15, -0.1) is 0 Å². The molecule has 0 aliphatic carbocycles. The van der Waals surface area contributed by atoms with E-state index in [4.69, 9.17) is 4.42 Å². The Morgan fingerprint density at radius 3 is 1.49 bits per heavy atom. The van der Waals surface area contributed by atoms with E-state index in [2.05, 4.69) is 194 Å². The Kier molecular flexibility index (Phi) is 7.25. The van der Waals surface area contributed by atoms with E-state index in [0.29, 0.717) is 0 Å². The molecular formula is C54H34O. The first-order chi connectivity index (χ1) is 27.3. The van der Waals surface area contributed by atoms with Crippen LogP contribution in [0.4, 0.5) is 0 Å². The summed E-state index contributed by atoms with van der Waals surface area (Å²) in [5, 5.41) is 9.75. The van der Waals surface area contributed by atoms with E-state index in [1.54, 1.807) is 0 Å². The van der Waals surface area contributed by atoms with Crippen molar-refractivity contribution in [2.75, 3.05) is 0 Å². The summed E-state index contributed by atoms with van der Waals surface area (Å²) in [7, 11) is 0. The zero-order valence-electron chi connectivity index (χ0n) is 30.0. The molecule has 0 unspecified atom stereocenters. The van der Waals surface area contributed by atoms with Crippen LogP contribution in [-0.4, -0.2) is 0 Å². The van der Waals surface area contributed by atoms with Gasteiger partial charge < -0.3 is 4.42 Å². The van der Waals surface area contributed by atoms with Crippen molar-refractivity contribution >= 4 is 54.3 Å². The van der Waals surface area contributed by atoms with Crippen molar-refractivity contribution in [1.82, 2.24) is 0 Å². The molecule has 0 aliphatic heterocycles. The zero-order valence-corrected chi connectivity index (χ0v) is 30.0. The van der Waals surface area contributed by atoms with Crippen molar-refractivity contribution < 1.29 is 4.42 Å². The SMILES string of the molecule is c1ccc(-c2c(-c3ccc(-c4c5ccccc5c(-c5cccc(-c6cccc7c6oc6ccccc67)c5)c5ccccc45)cc3)ccc3ccccc23)cc1. The van der Waals surface area contributed by atoms with Crippen LogP contribution in [0.5, 0.6) is 0 Å². The second-order valence-corrected chi connectivity index (χ2v) is 14.4. The molecule has 0 radical (unpaired) electrons. The van der Waals surface area contributed by atoms with Gasteiger partial charge in [0.25, 0.3) is 0 Å². The monoisotopic (exact) mass is 698 g/mol. The number of benzene rings is 10. The van der Waals surface area contributed by atoms with Gasteiger partial charge >= 0.3 is 0 Å². The average Bonchev–Trinajstić information content (AvgIpc) is 3.65. The summed E-state index contributed by atoms with van der Waals surface area (Å²) in [5.74, 6) is 0. The quantitative estimate of drug-likeness (QED) is 0.163. The second-order valence-electron chi connectivity index (χ2n) is 14.4. The van der Waals surface area contributed by atoms with Crippen molar-refractivity contribution in [1.29, 1.82) is 0 Å². The Labute approximate surface area is 319 Å². The molecule has 1 heterocycles. The summed E-state index contributed by atoms with van der Waals surface area (Å²) in [6.07, 6.45) is 0. The highest BCUT2D eigenvalue weighted by atomic mass is 16.3. The number of furan rings is 1. The fourth-order valence-electron chi connectivity index (χ4n) is 8.81. The molecule has 0 fully saturated rings. The summed E-state index contributed by atoms with van der Waals surface area (Å²) in [6, 6.07) is 74.7. The summed E-state index contributed by atoms with van der Waals surface area (Å²) < 4.78 is 6.47. The van der Waals surface area contributed by atoms with Gasteiger partial charge in [0.15, 0.2) is 0 Å². The highest BCUT2D eigenvalue weighted by Crippen LogP contribution is 2.46. The van der Waals surface area contributed by atoms with Gasteiger partial charge in [-0.05, 0) is 94.5 Å². The first kappa shape index (κ1) is 31.3. The maximum atomic E-state index is 6.47. The lowest BCUT2D eigenvalue weighted by molar-refractivity contribution is 0.670. The number of rotatable bonds is 5. The highest BCUT2D eigenvalue weighted by Gasteiger charge is 2.19. The Balaban J connectivity index is 1.07. The molecule has 55 heavy (non-hydrogen) atoms. The Morgan fingerprint density at radius 2 is 0.764 bits per heavy atom. The molecule has 1 heteroatoms. The standard InChI is InChI=1S/C54H34O/c1-2-15-37(16-3-1)51-41-19-5-4-14-35(41)32-33-42(51)36-28-30-38(31-29-36)52-45-21-6-8-23-47(45)53(48-24-9-7-22-46(48)52)40-18-12-17-39(34-40)43-25-13-26-49-44-20-10-11-27-50(44)55-54(43)49/h1-34H. The minimum atomic E-state index is 0.913. The molecule has 256 valence electrons. The molecule has 10 aromatic carbocycles. The Bertz CT molecular complexity index is 3180. The first-order valence-corrected chi connectivity index (χ1v) is 18.9. The minimum absolute atomic E-state index is 0.913. The lowest BCUT2D eigenvalue weighted by atomic mass is 9.84. The Hall–Kier alpha value is -7.22. The van der Waals surface area contributed by atoms with Gasteiger partial charge in [-0.25, -0.2) is 0 Å². The van der Waals surface area contributed by atoms with E-state index in [9.17, 15) is 0 Å². The molecule has 1 nitrogen and oxygen atoms in total. The van der Waals surface area contributed by atoms with Gasteiger partial charge in [0, 0.05) is 16.3 Å². The van der Waals surface area contributed by atoms with E-state index in [-0.39, 0.29) is 0 Å². The third-order valence-electron chi connectivity index (χ3n) is 11.3. The first-order valence-electron chi connectivity index (χ1n) is 18.9. The molecule has 0 atom stereocenters. The van der Waals surface area contributed by atoms with E-state index in [1.807, 2.05) is 12.1 Å². The van der Waals surface area contributed by atoms with E-state index in [0.717, 1.165) is 33.1 Å². The van der Waals surface area contributed by atoms with Gasteiger partial charge in [-0.1, -0.05) is 194 Å². The molecule has 0 bridgehead atoms. The summed E-state index contributed by atoms with van der Waals surface area (Å²) >= 11 is 0. The Morgan fingerprint density at radius 1 is 0.255 bits per heavy atom. The third kappa shape index (κ3) is 5.09. The van der Waals surface area contributed by atoms with Gasteiger partial charge in [0.2, 0.25) is 0 Å². The minimum Gasteiger partial charge on any atom is -0.455 e. The largest absolute Gasteiger partial charge is 0.455 e. The van der Waals surface area contributed by atoms with Gasteiger partial charge in [0.05, 0.1) is 0 Å². The highest BCUT2D eigenvalue weighted by molar-refractivity contribution is 6.21. The molecule has 0 spiro atoms. The van der Waals surface area contributed by atoms with Crippen LogP contribution < -0.4 is 0 Å². The molecule has 0 saturated heterocycles. The number of hydrogen-bond acceptors (Lipinski definition) is 1. The molecular weight excluding hydrogens is 665 g/mol. The van der Waals surface area contributed by atoms with Crippen molar-refractivity contribution in [3.63, 3.8) is 0 Å². The lowest BCUT2D eigenvalue weighted by Crippen LogP contribution is -1.92. The maximum Gasteiger partial charge on any atom is 0.143 e.